The smallest absolute Gasteiger partial charge is 0.136 e. The van der Waals surface area contributed by atoms with Crippen molar-refractivity contribution in [2.24, 2.45) is 5.16 Å². The predicted octanol–water partition coefficient (Wildman–Crippen LogP) is 3.84. The van der Waals surface area contributed by atoms with Crippen molar-refractivity contribution in [2.75, 3.05) is 0 Å². The van der Waals surface area contributed by atoms with Crippen molar-refractivity contribution in [3.8, 4) is 0 Å². The van der Waals surface area contributed by atoms with E-state index in [0.717, 1.165) is 6.21 Å². The van der Waals surface area contributed by atoms with Crippen molar-refractivity contribution in [3.05, 3.63) is 63.9 Å². The number of aliphatic hydroxyl groups is 1. The summed E-state index contributed by atoms with van der Waals surface area (Å²) in [6.07, 6.45) is 4.18. The van der Waals surface area contributed by atoms with Gasteiger partial charge in [-0.3, -0.25) is 4.98 Å². The Bertz CT molecular complexity index is 649. The Morgan fingerprint density at radius 1 is 1.33 bits per heavy atom. The molecule has 2 unspecified atom stereocenters. The molecule has 4 nitrogen and oxygen atoms in total. The van der Waals surface area contributed by atoms with Gasteiger partial charge in [-0.15, -0.1) is 0 Å². The molecule has 0 radical (unpaired) electrons. The fourth-order valence-corrected chi connectivity index (χ4v) is 2.79. The molecule has 0 bridgehead atoms. The SMILES string of the molecule is CC(c1ccc(Cl)cc1Cl)C(O)(C=NO)c1cccnc1. The highest BCUT2D eigenvalue weighted by molar-refractivity contribution is 6.35. The van der Waals surface area contributed by atoms with E-state index in [9.17, 15) is 5.11 Å². The molecule has 0 aliphatic carbocycles. The molecule has 0 aliphatic heterocycles. The van der Waals surface area contributed by atoms with Gasteiger partial charge in [0, 0.05) is 33.9 Å². The Kier molecular flexibility index (Phi) is 4.83. The normalized spacial score (nSPS) is 15.8. The zero-order chi connectivity index (χ0) is 15.5. The van der Waals surface area contributed by atoms with Gasteiger partial charge in [-0.1, -0.05) is 47.4 Å². The van der Waals surface area contributed by atoms with Gasteiger partial charge >= 0.3 is 0 Å². The van der Waals surface area contributed by atoms with Crippen molar-refractivity contribution in [3.63, 3.8) is 0 Å². The monoisotopic (exact) mass is 324 g/mol. The Labute approximate surface area is 132 Å². The van der Waals surface area contributed by atoms with E-state index in [0.29, 0.717) is 21.2 Å². The van der Waals surface area contributed by atoms with Gasteiger partial charge in [0.1, 0.15) is 5.60 Å². The molecule has 0 spiro atoms. The average Bonchev–Trinajstić information content (AvgIpc) is 2.47. The van der Waals surface area contributed by atoms with Crippen LogP contribution < -0.4 is 0 Å². The average molecular weight is 325 g/mol. The first kappa shape index (κ1) is 15.8. The fourth-order valence-electron chi connectivity index (χ4n) is 2.21. The van der Waals surface area contributed by atoms with Crippen LogP contribution in [0.4, 0.5) is 0 Å². The summed E-state index contributed by atoms with van der Waals surface area (Å²) in [5.74, 6) is -0.470. The van der Waals surface area contributed by atoms with Crippen LogP contribution in [0.25, 0.3) is 0 Å². The molecule has 2 rings (SSSR count). The van der Waals surface area contributed by atoms with Crippen LogP contribution in [0, 0.1) is 0 Å². The topological polar surface area (TPSA) is 65.7 Å². The Morgan fingerprint density at radius 3 is 2.67 bits per heavy atom. The van der Waals surface area contributed by atoms with E-state index in [1.165, 1.54) is 6.20 Å². The van der Waals surface area contributed by atoms with Crippen molar-refractivity contribution < 1.29 is 10.3 Å². The molecule has 21 heavy (non-hydrogen) atoms. The Morgan fingerprint density at radius 2 is 2.10 bits per heavy atom. The molecule has 0 fully saturated rings. The van der Waals surface area contributed by atoms with E-state index in [-0.39, 0.29) is 0 Å². The van der Waals surface area contributed by atoms with E-state index in [4.69, 9.17) is 28.4 Å². The van der Waals surface area contributed by atoms with E-state index < -0.39 is 11.5 Å². The molecule has 2 aromatic rings. The maximum Gasteiger partial charge on any atom is 0.136 e. The van der Waals surface area contributed by atoms with Gasteiger partial charge in [0.15, 0.2) is 0 Å². The summed E-state index contributed by atoms with van der Waals surface area (Å²) in [5, 5.41) is 23.8. The molecule has 0 saturated heterocycles. The first-order chi connectivity index (χ1) is 9.99. The Balaban J connectivity index is 2.52. The molecule has 1 aromatic heterocycles. The number of rotatable bonds is 4. The third kappa shape index (κ3) is 3.18. The fraction of sp³-hybridized carbons (Fsp3) is 0.200. The first-order valence-corrected chi connectivity index (χ1v) is 7.01. The minimum Gasteiger partial charge on any atom is -0.411 e. The molecule has 1 aromatic carbocycles. The summed E-state index contributed by atoms with van der Waals surface area (Å²) in [6.45, 7) is 1.78. The van der Waals surface area contributed by atoms with Crippen LogP contribution >= 0.6 is 23.2 Å². The van der Waals surface area contributed by atoms with E-state index in [1.807, 2.05) is 0 Å². The third-order valence-corrected chi connectivity index (χ3v) is 4.03. The van der Waals surface area contributed by atoms with Gasteiger partial charge in [0.05, 0.1) is 6.21 Å². The lowest BCUT2D eigenvalue weighted by Crippen LogP contribution is -2.34. The predicted molar refractivity (Wildman–Crippen MR) is 83.3 cm³/mol. The zero-order valence-electron chi connectivity index (χ0n) is 11.2. The highest BCUT2D eigenvalue weighted by atomic mass is 35.5. The summed E-state index contributed by atoms with van der Waals surface area (Å²) in [4.78, 5) is 3.99. The van der Waals surface area contributed by atoms with Crippen molar-refractivity contribution in [1.82, 2.24) is 4.98 Å². The quantitative estimate of drug-likeness (QED) is 0.510. The number of halogens is 2. The summed E-state index contributed by atoms with van der Waals surface area (Å²) in [6, 6.07) is 8.44. The molecule has 2 N–H and O–H groups in total. The number of pyridine rings is 1. The van der Waals surface area contributed by atoms with Gasteiger partial charge in [0.2, 0.25) is 0 Å². The van der Waals surface area contributed by atoms with Gasteiger partial charge in [-0.25, -0.2) is 0 Å². The lowest BCUT2D eigenvalue weighted by atomic mass is 9.80. The van der Waals surface area contributed by atoms with E-state index in [1.54, 1.807) is 43.5 Å². The number of hydrogen-bond acceptors (Lipinski definition) is 4. The molecule has 0 saturated carbocycles. The second-order valence-electron chi connectivity index (χ2n) is 4.70. The van der Waals surface area contributed by atoms with E-state index >= 15 is 0 Å². The minimum atomic E-state index is -1.54. The lowest BCUT2D eigenvalue weighted by Gasteiger charge is -2.31. The molecule has 0 aliphatic rings. The van der Waals surface area contributed by atoms with Crippen molar-refractivity contribution >= 4 is 29.4 Å². The van der Waals surface area contributed by atoms with Crippen LogP contribution in [0.3, 0.4) is 0 Å². The maximum atomic E-state index is 11.0. The third-order valence-electron chi connectivity index (χ3n) is 3.47. The largest absolute Gasteiger partial charge is 0.411 e. The summed E-state index contributed by atoms with van der Waals surface area (Å²) < 4.78 is 0. The molecule has 2 atom stereocenters. The van der Waals surface area contributed by atoms with Crippen molar-refractivity contribution in [2.45, 2.75) is 18.4 Å². The molecular formula is C15H14Cl2N2O2. The van der Waals surface area contributed by atoms with Crippen LogP contribution in [0.1, 0.15) is 24.0 Å². The van der Waals surface area contributed by atoms with Gasteiger partial charge in [-0.2, -0.15) is 0 Å². The molecule has 110 valence electrons. The van der Waals surface area contributed by atoms with Crippen LogP contribution in [0.15, 0.2) is 47.9 Å². The molecule has 6 heteroatoms. The molecule has 1 heterocycles. The zero-order valence-corrected chi connectivity index (χ0v) is 12.8. The number of oxime groups is 1. The van der Waals surface area contributed by atoms with Gasteiger partial charge in [0.25, 0.3) is 0 Å². The first-order valence-electron chi connectivity index (χ1n) is 6.25. The summed E-state index contributed by atoms with van der Waals surface area (Å²) in [7, 11) is 0. The van der Waals surface area contributed by atoms with Gasteiger partial charge in [-0.05, 0) is 23.8 Å². The van der Waals surface area contributed by atoms with Gasteiger partial charge < -0.3 is 10.3 Å². The van der Waals surface area contributed by atoms with Crippen LogP contribution in [-0.2, 0) is 5.60 Å². The summed E-state index contributed by atoms with van der Waals surface area (Å²) in [5.41, 5.74) is -0.353. The van der Waals surface area contributed by atoms with Crippen LogP contribution in [-0.4, -0.2) is 21.5 Å². The second kappa shape index (κ2) is 6.43. The lowest BCUT2D eigenvalue weighted by molar-refractivity contribution is 0.0868. The molecular weight excluding hydrogens is 311 g/mol. The number of nitrogens with zero attached hydrogens (tertiary/aromatic N) is 2. The minimum absolute atomic E-state index is 0.434. The molecule has 0 amide bonds. The summed E-state index contributed by atoms with van der Waals surface area (Å²) >= 11 is 12.1. The number of aromatic nitrogens is 1. The van der Waals surface area contributed by atoms with Crippen molar-refractivity contribution in [1.29, 1.82) is 0 Å². The second-order valence-corrected chi connectivity index (χ2v) is 5.54. The Hall–Kier alpha value is -1.62. The van der Waals surface area contributed by atoms with Crippen LogP contribution in [0.5, 0.6) is 0 Å². The maximum absolute atomic E-state index is 11.0. The highest BCUT2D eigenvalue weighted by Crippen LogP contribution is 2.39. The number of hydrogen-bond donors (Lipinski definition) is 2. The van der Waals surface area contributed by atoms with E-state index in [2.05, 4.69) is 10.1 Å². The number of benzene rings is 1. The standard InChI is InChI=1S/C15H14Cl2N2O2/c1-10(13-5-4-12(16)7-14(13)17)15(20,9-19-21)11-3-2-6-18-8-11/h2-10,20-21H,1H3. The van der Waals surface area contributed by atoms with Crippen LogP contribution in [0.2, 0.25) is 10.0 Å². The highest BCUT2D eigenvalue weighted by Gasteiger charge is 2.36.